The van der Waals surface area contributed by atoms with Crippen molar-refractivity contribution in [2.75, 3.05) is 6.61 Å². The predicted octanol–water partition coefficient (Wildman–Crippen LogP) is 4.17. The molecular formula is C19H23NO. The summed E-state index contributed by atoms with van der Waals surface area (Å²) in [7, 11) is 0. The van der Waals surface area contributed by atoms with Gasteiger partial charge in [0.05, 0.1) is 19.3 Å². The normalized spacial score (nSPS) is 19.0. The molecule has 2 heteroatoms. The summed E-state index contributed by atoms with van der Waals surface area (Å²) in [5, 5.41) is 3.70. The molecule has 3 rings (SSSR count). The van der Waals surface area contributed by atoms with Gasteiger partial charge in [0.2, 0.25) is 0 Å². The maximum atomic E-state index is 5.72. The van der Waals surface area contributed by atoms with Crippen molar-refractivity contribution < 1.29 is 4.74 Å². The first-order chi connectivity index (χ1) is 10.3. The second kappa shape index (κ2) is 6.42. The van der Waals surface area contributed by atoms with Crippen LogP contribution in [0.3, 0.4) is 0 Å². The Hall–Kier alpha value is -1.64. The summed E-state index contributed by atoms with van der Waals surface area (Å²) in [4.78, 5) is 0. The number of hydrogen-bond donors (Lipinski definition) is 1. The Morgan fingerprint density at radius 3 is 2.67 bits per heavy atom. The third-order valence-electron chi connectivity index (χ3n) is 4.31. The molecule has 1 N–H and O–H groups in total. The van der Waals surface area contributed by atoms with Crippen LogP contribution in [0.25, 0.3) is 0 Å². The SMILES string of the molecule is CCc1ccc(C(C)NC2COCc3ccccc32)cc1. The van der Waals surface area contributed by atoms with E-state index in [-0.39, 0.29) is 6.04 Å². The first-order valence-electron chi connectivity index (χ1n) is 7.78. The quantitative estimate of drug-likeness (QED) is 0.908. The van der Waals surface area contributed by atoms with Crippen LogP contribution in [-0.2, 0) is 17.8 Å². The maximum Gasteiger partial charge on any atom is 0.0721 e. The van der Waals surface area contributed by atoms with Crippen molar-refractivity contribution in [2.45, 2.75) is 39.0 Å². The zero-order valence-corrected chi connectivity index (χ0v) is 12.8. The van der Waals surface area contributed by atoms with E-state index < -0.39 is 0 Å². The van der Waals surface area contributed by atoms with Crippen LogP contribution in [-0.4, -0.2) is 6.61 Å². The number of aryl methyl sites for hydroxylation is 1. The molecule has 0 fully saturated rings. The molecule has 0 amide bonds. The van der Waals surface area contributed by atoms with Crippen LogP contribution in [0, 0.1) is 0 Å². The Labute approximate surface area is 127 Å². The first kappa shape index (κ1) is 14.3. The minimum atomic E-state index is 0.274. The molecule has 1 aliphatic rings. The molecule has 0 saturated heterocycles. The molecule has 0 aromatic heterocycles. The van der Waals surface area contributed by atoms with Crippen LogP contribution in [0.5, 0.6) is 0 Å². The summed E-state index contributed by atoms with van der Waals surface area (Å²) in [5.41, 5.74) is 5.39. The van der Waals surface area contributed by atoms with E-state index in [1.165, 1.54) is 22.3 Å². The lowest BCUT2D eigenvalue weighted by atomic mass is 9.97. The Kier molecular flexibility index (Phi) is 4.37. The zero-order chi connectivity index (χ0) is 14.7. The van der Waals surface area contributed by atoms with Gasteiger partial charge in [0.1, 0.15) is 0 Å². The summed E-state index contributed by atoms with van der Waals surface area (Å²) in [6.07, 6.45) is 1.09. The third-order valence-corrected chi connectivity index (χ3v) is 4.31. The molecule has 1 heterocycles. The highest BCUT2D eigenvalue weighted by molar-refractivity contribution is 5.32. The Bertz CT molecular complexity index is 591. The lowest BCUT2D eigenvalue weighted by Gasteiger charge is -2.29. The molecule has 2 aromatic rings. The molecule has 21 heavy (non-hydrogen) atoms. The molecule has 2 nitrogen and oxygen atoms in total. The lowest BCUT2D eigenvalue weighted by Crippen LogP contribution is -2.31. The molecule has 110 valence electrons. The van der Waals surface area contributed by atoms with E-state index >= 15 is 0 Å². The second-order valence-electron chi connectivity index (χ2n) is 5.75. The Morgan fingerprint density at radius 1 is 1.14 bits per heavy atom. The van der Waals surface area contributed by atoms with Gasteiger partial charge in [-0.1, -0.05) is 55.5 Å². The van der Waals surface area contributed by atoms with Gasteiger partial charge in [-0.25, -0.2) is 0 Å². The highest BCUT2D eigenvalue weighted by Crippen LogP contribution is 2.27. The largest absolute Gasteiger partial charge is 0.375 e. The molecule has 2 aromatic carbocycles. The van der Waals surface area contributed by atoms with Gasteiger partial charge in [-0.3, -0.25) is 0 Å². The summed E-state index contributed by atoms with van der Waals surface area (Å²) in [5.74, 6) is 0. The minimum Gasteiger partial charge on any atom is -0.375 e. The molecule has 0 radical (unpaired) electrons. The van der Waals surface area contributed by atoms with Crippen LogP contribution in [0.1, 0.15) is 48.2 Å². The smallest absolute Gasteiger partial charge is 0.0721 e. The van der Waals surface area contributed by atoms with Crippen molar-refractivity contribution >= 4 is 0 Å². The standard InChI is InChI=1S/C19H23NO/c1-3-15-8-10-16(11-9-15)14(2)20-19-13-21-12-17-6-4-5-7-18(17)19/h4-11,14,19-20H,3,12-13H2,1-2H3. The number of benzene rings is 2. The van der Waals surface area contributed by atoms with Gasteiger partial charge in [0.25, 0.3) is 0 Å². The van der Waals surface area contributed by atoms with E-state index in [4.69, 9.17) is 4.74 Å². The fourth-order valence-electron chi connectivity index (χ4n) is 2.96. The number of hydrogen-bond acceptors (Lipinski definition) is 2. The zero-order valence-electron chi connectivity index (χ0n) is 12.8. The van der Waals surface area contributed by atoms with Gasteiger partial charge >= 0.3 is 0 Å². The summed E-state index contributed by atoms with van der Waals surface area (Å²) in [6.45, 7) is 5.88. The molecule has 0 aliphatic carbocycles. The average Bonchev–Trinajstić information content (AvgIpc) is 2.55. The van der Waals surface area contributed by atoms with Gasteiger partial charge in [-0.15, -0.1) is 0 Å². The number of rotatable bonds is 4. The van der Waals surface area contributed by atoms with E-state index in [0.717, 1.165) is 19.6 Å². The summed E-state index contributed by atoms with van der Waals surface area (Å²) in [6, 6.07) is 18.0. The van der Waals surface area contributed by atoms with Crippen molar-refractivity contribution in [3.8, 4) is 0 Å². The second-order valence-corrected chi connectivity index (χ2v) is 5.75. The van der Waals surface area contributed by atoms with Crippen molar-refractivity contribution in [2.24, 2.45) is 0 Å². The molecule has 1 aliphatic heterocycles. The van der Waals surface area contributed by atoms with Gasteiger partial charge in [-0.2, -0.15) is 0 Å². The van der Waals surface area contributed by atoms with Crippen LogP contribution in [0.15, 0.2) is 48.5 Å². The third kappa shape index (κ3) is 3.17. The monoisotopic (exact) mass is 281 g/mol. The van der Waals surface area contributed by atoms with Crippen LogP contribution in [0.2, 0.25) is 0 Å². The molecule has 0 spiro atoms. The first-order valence-corrected chi connectivity index (χ1v) is 7.78. The summed E-state index contributed by atoms with van der Waals surface area (Å²) >= 11 is 0. The number of nitrogens with one attached hydrogen (secondary N) is 1. The molecule has 2 unspecified atom stereocenters. The molecule has 2 atom stereocenters. The fraction of sp³-hybridized carbons (Fsp3) is 0.368. The van der Waals surface area contributed by atoms with Gasteiger partial charge in [0.15, 0.2) is 0 Å². The highest BCUT2D eigenvalue weighted by atomic mass is 16.5. The van der Waals surface area contributed by atoms with E-state index in [1.807, 2.05) is 0 Å². The van der Waals surface area contributed by atoms with Crippen LogP contribution in [0.4, 0.5) is 0 Å². The Morgan fingerprint density at radius 2 is 1.90 bits per heavy atom. The molecular weight excluding hydrogens is 258 g/mol. The minimum absolute atomic E-state index is 0.274. The van der Waals surface area contributed by atoms with E-state index in [0.29, 0.717) is 6.04 Å². The van der Waals surface area contributed by atoms with Crippen molar-refractivity contribution in [1.82, 2.24) is 5.32 Å². The highest BCUT2D eigenvalue weighted by Gasteiger charge is 2.21. The molecule has 0 bridgehead atoms. The van der Waals surface area contributed by atoms with Crippen LogP contribution >= 0.6 is 0 Å². The number of ether oxygens (including phenoxy) is 1. The van der Waals surface area contributed by atoms with Crippen molar-refractivity contribution in [3.63, 3.8) is 0 Å². The number of fused-ring (bicyclic) bond motifs is 1. The maximum absolute atomic E-state index is 5.72. The summed E-state index contributed by atoms with van der Waals surface area (Å²) < 4.78 is 5.72. The van der Waals surface area contributed by atoms with Crippen LogP contribution < -0.4 is 5.32 Å². The van der Waals surface area contributed by atoms with E-state index in [1.54, 1.807) is 0 Å². The van der Waals surface area contributed by atoms with Crippen molar-refractivity contribution in [1.29, 1.82) is 0 Å². The average molecular weight is 281 g/mol. The fourth-order valence-corrected chi connectivity index (χ4v) is 2.96. The Balaban J connectivity index is 1.74. The van der Waals surface area contributed by atoms with E-state index in [9.17, 15) is 0 Å². The van der Waals surface area contributed by atoms with Crippen molar-refractivity contribution in [3.05, 3.63) is 70.8 Å². The lowest BCUT2D eigenvalue weighted by molar-refractivity contribution is 0.0791. The topological polar surface area (TPSA) is 21.3 Å². The van der Waals surface area contributed by atoms with Gasteiger partial charge in [0, 0.05) is 6.04 Å². The van der Waals surface area contributed by atoms with Gasteiger partial charge in [-0.05, 0) is 35.6 Å². The molecule has 0 saturated carbocycles. The van der Waals surface area contributed by atoms with E-state index in [2.05, 4.69) is 67.7 Å². The predicted molar refractivity (Wildman–Crippen MR) is 86.2 cm³/mol. The van der Waals surface area contributed by atoms with Gasteiger partial charge < -0.3 is 10.1 Å².